The lowest BCUT2D eigenvalue weighted by atomic mass is 10.2. The highest BCUT2D eigenvalue weighted by molar-refractivity contribution is 7.80. The molecule has 0 saturated heterocycles. The molecule has 0 atom stereocenters. The van der Waals surface area contributed by atoms with E-state index >= 15 is 0 Å². The Labute approximate surface area is 160 Å². The molecule has 0 aliphatic carbocycles. The highest BCUT2D eigenvalue weighted by Crippen LogP contribution is 2.25. The number of pyridine rings is 1. The van der Waals surface area contributed by atoms with Gasteiger partial charge in [0.2, 0.25) is 0 Å². The number of unbranched alkanes of at least 4 members (excludes halogenated alkanes) is 2. The molecule has 5 nitrogen and oxygen atoms in total. The summed E-state index contributed by atoms with van der Waals surface area (Å²) in [6.45, 7) is 5.40. The Hall–Kier alpha value is -1.63. The fourth-order valence-corrected chi connectivity index (χ4v) is 3.33. The van der Waals surface area contributed by atoms with Crippen LogP contribution in [0.3, 0.4) is 0 Å². The van der Waals surface area contributed by atoms with Gasteiger partial charge in [0.1, 0.15) is 17.9 Å². The summed E-state index contributed by atoms with van der Waals surface area (Å²) in [7, 11) is 0. The van der Waals surface area contributed by atoms with Crippen molar-refractivity contribution in [2.75, 3.05) is 25.6 Å². The minimum absolute atomic E-state index is 0.501. The van der Waals surface area contributed by atoms with E-state index in [-0.39, 0.29) is 0 Å². The van der Waals surface area contributed by atoms with E-state index in [1.165, 1.54) is 6.42 Å². The van der Waals surface area contributed by atoms with Crippen LogP contribution in [0.1, 0.15) is 32.0 Å². The minimum Gasteiger partial charge on any atom is -0.380 e. The fraction of sp³-hybridized carbons (Fsp3) is 0.500. The van der Waals surface area contributed by atoms with Gasteiger partial charge in [-0.3, -0.25) is 4.98 Å². The van der Waals surface area contributed by atoms with Crippen LogP contribution in [0.2, 0.25) is 0 Å². The standard InChI is InChI=1S/C20H27N3O2S/c1-2-24-15-19-22-18-14-21-17-9-5-4-8-16(17)20(18)23(19)10-12-25-11-6-3-7-13-26/h4-5,8-9,14,26H,2-3,6-7,10-13,15H2,1H3. The third kappa shape index (κ3) is 4.55. The number of hydrogen-bond acceptors (Lipinski definition) is 5. The second-order valence-corrected chi connectivity index (χ2v) is 6.67. The van der Waals surface area contributed by atoms with Gasteiger partial charge in [-0.25, -0.2) is 4.98 Å². The molecule has 0 radical (unpaired) electrons. The maximum atomic E-state index is 5.84. The molecule has 0 aliphatic rings. The van der Waals surface area contributed by atoms with E-state index < -0.39 is 0 Å². The van der Waals surface area contributed by atoms with Gasteiger partial charge in [0, 0.05) is 25.1 Å². The van der Waals surface area contributed by atoms with Gasteiger partial charge in [0.05, 0.1) is 23.8 Å². The summed E-state index contributed by atoms with van der Waals surface area (Å²) >= 11 is 4.24. The second kappa shape index (κ2) is 9.90. The highest BCUT2D eigenvalue weighted by Gasteiger charge is 2.14. The first kappa shape index (κ1) is 19.1. The van der Waals surface area contributed by atoms with Crippen LogP contribution in [0, 0.1) is 0 Å². The lowest BCUT2D eigenvalue weighted by Gasteiger charge is -2.11. The van der Waals surface area contributed by atoms with Gasteiger partial charge >= 0.3 is 0 Å². The van der Waals surface area contributed by atoms with Crippen molar-refractivity contribution in [3.8, 4) is 0 Å². The molecule has 6 heteroatoms. The van der Waals surface area contributed by atoms with Crippen molar-refractivity contribution < 1.29 is 9.47 Å². The number of thiol groups is 1. The molecule has 3 rings (SSSR count). The first-order valence-electron chi connectivity index (χ1n) is 9.34. The minimum atomic E-state index is 0.501. The van der Waals surface area contributed by atoms with Crippen LogP contribution in [-0.2, 0) is 22.6 Å². The molecule has 3 aromatic rings. The molecule has 2 aromatic heterocycles. The quantitative estimate of drug-likeness (QED) is 0.403. The van der Waals surface area contributed by atoms with Gasteiger partial charge in [-0.2, -0.15) is 12.6 Å². The number of imidazole rings is 1. The number of rotatable bonds is 11. The smallest absolute Gasteiger partial charge is 0.136 e. The Balaban J connectivity index is 1.79. The van der Waals surface area contributed by atoms with Crippen molar-refractivity contribution in [2.24, 2.45) is 0 Å². The van der Waals surface area contributed by atoms with Crippen molar-refractivity contribution in [3.63, 3.8) is 0 Å². The number of nitrogens with zero attached hydrogens (tertiary/aromatic N) is 3. The first-order chi connectivity index (χ1) is 12.8. The van der Waals surface area contributed by atoms with Gasteiger partial charge in [-0.15, -0.1) is 0 Å². The third-order valence-electron chi connectivity index (χ3n) is 4.40. The van der Waals surface area contributed by atoms with Gasteiger partial charge in [-0.1, -0.05) is 24.6 Å². The van der Waals surface area contributed by atoms with Gasteiger partial charge < -0.3 is 14.0 Å². The van der Waals surface area contributed by atoms with Crippen LogP contribution in [-0.4, -0.2) is 40.1 Å². The molecular formula is C20H27N3O2S. The number of hydrogen-bond donors (Lipinski definition) is 1. The van der Waals surface area contributed by atoms with Crippen LogP contribution in [0.5, 0.6) is 0 Å². The van der Waals surface area contributed by atoms with Crippen LogP contribution in [0.15, 0.2) is 30.5 Å². The molecular weight excluding hydrogens is 346 g/mol. The highest BCUT2D eigenvalue weighted by atomic mass is 32.1. The first-order valence-corrected chi connectivity index (χ1v) is 9.97. The summed E-state index contributed by atoms with van der Waals surface area (Å²) in [5.74, 6) is 1.88. The van der Waals surface area contributed by atoms with Crippen molar-refractivity contribution >= 4 is 34.6 Å². The third-order valence-corrected chi connectivity index (χ3v) is 4.72. The summed E-state index contributed by atoms with van der Waals surface area (Å²) < 4.78 is 13.7. The normalized spacial score (nSPS) is 11.6. The average Bonchev–Trinajstić information content (AvgIpc) is 3.03. The summed E-state index contributed by atoms with van der Waals surface area (Å²) in [6.07, 6.45) is 5.26. The zero-order valence-corrected chi connectivity index (χ0v) is 16.3. The molecule has 1 aromatic carbocycles. The Kier molecular flexibility index (Phi) is 7.29. The monoisotopic (exact) mass is 373 g/mol. The van der Waals surface area contributed by atoms with E-state index in [2.05, 4.69) is 28.2 Å². The summed E-state index contributed by atoms with van der Waals surface area (Å²) in [6, 6.07) is 8.19. The zero-order valence-electron chi connectivity index (χ0n) is 15.4. The zero-order chi connectivity index (χ0) is 18.2. The SMILES string of the molecule is CCOCc1nc2cnc3ccccc3c2n1CCOCCCCCS. The van der Waals surface area contributed by atoms with E-state index in [4.69, 9.17) is 14.5 Å². The molecule has 2 heterocycles. The van der Waals surface area contributed by atoms with E-state index in [9.17, 15) is 0 Å². The van der Waals surface area contributed by atoms with Crippen molar-refractivity contribution in [1.29, 1.82) is 0 Å². The fourth-order valence-electron chi connectivity index (χ4n) is 3.11. The summed E-state index contributed by atoms with van der Waals surface area (Å²) in [4.78, 5) is 9.28. The number of benzene rings is 1. The lowest BCUT2D eigenvalue weighted by Crippen LogP contribution is -2.11. The Bertz CT molecular complexity index is 834. The number of ether oxygens (including phenoxy) is 2. The van der Waals surface area contributed by atoms with Gasteiger partial charge in [-0.05, 0) is 31.6 Å². The predicted molar refractivity (Wildman–Crippen MR) is 109 cm³/mol. The maximum absolute atomic E-state index is 5.84. The molecule has 0 spiro atoms. The molecule has 0 unspecified atom stereocenters. The van der Waals surface area contributed by atoms with Crippen molar-refractivity contribution in [2.45, 2.75) is 39.3 Å². The lowest BCUT2D eigenvalue weighted by molar-refractivity contribution is 0.111. The summed E-state index contributed by atoms with van der Waals surface area (Å²) in [5.41, 5.74) is 3.01. The van der Waals surface area contributed by atoms with Crippen LogP contribution < -0.4 is 0 Å². The van der Waals surface area contributed by atoms with Crippen molar-refractivity contribution in [3.05, 3.63) is 36.3 Å². The molecule has 0 fully saturated rings. The predicted octanol–water partition coefficient (Wildman–Crippen LogP) is 4.24. The molecule has 0 saturated carbocycles. The Morgan fingerprint density at radius 1 is 1.04 bits per heavy atom. The molecule has 0 N–H and O–H groups in total. The van der Waals surface area contributed by atoms with E-state index in [0.29, 0.717) is 19.8 Å². The molecule has 26 heavy (non-hydrogen) atoms. The van der Waals surface area contributed by atoms with Gasteiger partial charge in [0.15, 0.2) is 0 Å². The van der Waals surface area contributed by atoms with Crippen molar-refractivity contribution in [1.82, 2.24) is 14.5 Å². The number of para-hydroxylation sites is 1. The van der Waals surface area contributed by atoms with E-state index in [0.717, 1.165) is 59.5 Å². The topological polar surface area (TPSA) is 49.2 Å². The Morgan fingerprint density at radius 3 is 2.77 bits per heavy atom. The molecule has 0 bridgehead atoms. The van der Waals surface area contributed by atoms with Crippen LogP contribution in [0.25, 0.3) is 21.9 Å². The Morgan fingerprint density at radius 2 is 1.92 bits per heavy atom. The summed E-state index contributed by atoms with van der Waals surface area (Å²) in [5, 5.41) is 1.12. The van der Waals surface area contributed by atoms with Crippen LogP contribution >= 0.6 is 12.6 Å². The second-order valence-electron chi connectivity index (χ2n) is 6.22. The maximum Gasteiger partial charge on any atom is 0.136 e. The molecule has 0 aliphatic heterocycles. The van der Waals surface area contributed by atoms with E-state index in [1.807, 2.05) is 31.3 Å². The number of aromatic nitrogens is 3. The largest absolute Gasteiger partial charge is 0.380 e. The van der Waals surface area contributed by atoms with Crippen LogP contribution in [0.4, 0.5) is 0 Å². The van der Waals surface area contributed by atoms with Gasteiger partial charge in [0.25, 0.3) is 0 Å². The number of fused-ring (bicyclic) bond motifs is 3. The average molecular weight is 374 g/mol. The van der Waals surface area contributed by atoms with E-state index in [1.54, 1.807) is 0 Å². The molecule has 0 amide bonds. The molecule has 140 valence electrons.